The topological polar surface area (TPSA) is 23.5 Å². The third kappa shape index (κ3) is 2.87. The first-order chi connectivity index (χ1) is 9.74. The summed E-state index contributed by atoms with van der Waals surface area (Å²) in [6, 6.07) is 15.6. The smallest absolute Gasteiger partial charge is 0.105 e. The fourth-order valence-corrected chi connectivity index (χ4v) is 3.35. The Morgan fingerprint density at radius 2 is 1.80 bits per heavy atom. The van der Waals surface area contributed by atoms with Crippen LogP contribution in [0, 0.1) is 0 Å². The predicted molar refractivity (Wildman–Crippen MR) is 83.4 cm³/mol. The second kappa shape index (κ2) is 5.94. The zero-order valence-corrected chi connectivity index (χ0v) is 12.1. The van der Waals surface area contributed by atoms with Gasteiger partial charge in [0, 0.05) is 12.6 Å². The van der Waals surface area contributed by atoms with Crippen LogP contribution >= 0.6 is 0 Å². The molecule has 0 aromatic heterocycles. The van der Waals surface area contributed by atoms with E-state index in [9.17, 15) is 5.11 Å². The van der Waals surface area contributed by atoms with E-state index in [4.69, 9.17) is 0 Å². The third-order valence-electron chi connectivity index (χ3n) is 4.45. The quantitative estimate of drug-likeness (QED) is 0.850. The van der Waals surface area contributed by atoms with Gasteiger partial charge in [-0.1, -0.05) is 49.2 Å². The molecule has 20 heavy (non-hydrogen) atoms. The van der Waals surface area contributed by atoms with Gasteiger partial charge in [0.05, 0.1) is 0 Å². The van der Waals surface area contributed by atoms with Crippen molar-refractivity contribution in [3.05, 3.63) is 48.0 Å². The van der Waals surface area contributed by atoms with Gasteiger partial charge in [0.15, 0.2) is 0 Å². The average Bonchev–Trinajstić information content (AvgIpc) is 2.98. The molecule has 0 spiro atoms. The van der Waals surface area contributed by atoms with Crippen LogP contribution in [0.1, 0.15) is 38.2 Å². The van der Waals surface area contributed by atoms with Crippen molar-refractivity contribution in [3.8, 4) is 0 Å². The van der Waals surface area contributed by atoms with E-state index in [1.165, 1.54) is 42.0 Å². The number of nitrogens with zero attached hydrogens (tertiary/aromatic N) is 1. The highest BCUT2D eigenvalue weighted by Gasteiger charge is 2.25. The van der Waals surface area contributed by atoms with Gasteiger partial charge >= 0.3 is 0 Å². The summed E-state index contributed by atoms with van der Waals surface area (Å²) in [6.45, 7) is 2.73. The Bertz CT molecular complexity index is 572. The van der Waals surface area contributed by atoms with Crippen molar-refractivity contribution in [2.45, 2.75) is 51.4 Å². The van der Waals surface area contributed by atoms with Crippen LogP contribution in [-0.4, -0.2) is 22.3 Å². The molecule has 106 valence electrons. The molecule has 2 heteroatoms. The molecule has 0 radical (unpaired) electrons. The number of benzene rings is 2. The van der Waals surface area contributed by atoms with Crippen LogP contribution in [0.5, 0.6) is 0 Å². The van der Waals surface area contributed by atoms with Gasteiger partial charge in [-0.2, -0.15) is 0 Å². The van der Waals surface area contributed by atoms with Crippen LogP contribution < -0.4 is 0 Å². The van der Waals surface area contributed by atoms with E-state index in [1.54, 1.807) is 0 Å². The summed E-state index contributed by atoms with van der Waals surface area (Å²) in [5.41, 5.74) is 1.29. The Labute approximate surface area is 121 Å². The Balaban J connectivity index is 1.82. The monoisotopic (exact) mass is 269 g/mol. The van der Waals surface area contributed by atoms with Crippen LogP contribution in [0.15, 0.2) is 42.5 Å². The second-order valence-corrected chi connectivity index (χ2v) is 5.92. The van der Waals surface area contributed by atoms with Gasteiger partial charge in [-0.25, -0.2) is 0 Å². The highest BCUT2D eigenvalue weighted by Crippen LogP contribution is 2.27. The first kappa shape index (κ1) is 13.6. The van der Waals surface area contributed by atoms with Crippen LogP contribution in [-0.2, 0) is 6.54 Å². The molecule has 1 atom stereocenters. The van der Waals surface area contributed by atoms with Gasteiger partial charge in [-0.05, 0) is 42.2 Å². The normalized spacial score (nSPS) is 17.9. The van der Waals surface area contributed by atoms with Crippen molar-refractivity contribution < 1.29 is 5.11 Å². The van der Waals surface area contributed by atoms with E-state index in [-0.39, 0.29) is 6.23 Å². The van der Waals surface area contributed by atoms with E-state index >= 15 is 0 Å². The van der Waals surface area contributed by atoms with Crippen molar-refractivity contribution >= 4 is 10.8 Å². The fraction of sp³-hybridized carbons (Fsp3) is 0.444. The van der Waals surface area contributed by atoms with E-state index in [0.717, 1.165) is 6.54 Å². The lowest BCUT2D eigenvalue weighted by Gasteiger charge is -2.31. The molecule has 1 aliphatic rings. The number of rotatable bonds is 4. The maximum atomic E-state index is 10.1. The maximum Gasteiger partial charge on any atom is 0.105 e. The summed E-state index contributed by atoms with van der Waals surface area (Å²) >= 11 is 0. The summed E-state index contributed by atoms with van der Waals surface area (Å²) < 4.78 is 0. The molecule has 3 rings (SSSR count). The number of aliphatic hydroxyl groups excluding tert-OH is 1. The van der Waals surface area contributed by atoms with Crippen molar-refractivity contribution in [1.82, 2.24) is 4.90 Å². The molecule has 1 fully saturated rings. The standard InChI is InChI=1S/C18H23NO/c1-14(20)19(18-8-4-5-9-18)13-15-10-11-16-6-2-3-7-17(16)12-15/h2-3,6-7,10-12,14,18,20H,4-5,8-9,13H2,1H3. The molecular weight excluding hydrogens is 246 g/mol. The molecule has 0 heterocycles. The van der Waals surface area contributed by atoms with Crippen molar-refractivity contribution in [3.63, 3.8) is 0 Å². The van der Waals surface area contributed by atoms with Crippen molar-refractivity contribution in [1.29, 1.82) is 0 Å². The van der Waals surface area contributed by atoms with Gasteiger partial charge in [0.25, 0.3) is 0 Å². The first-order valence-corrected chi connectivity index (χ1v) is 7.65. The SMILES string of the molecule is CC(O)N(Cc1ccc2ccccc2c1)C1CCCC1. The molecule has 1 unspecified atom stereocenters. The molecule has 1 aliphatic carbocycles. The van der Waals surface area contributed by atoms with Gasteiger partial charge in [0.2, 0.25) is 0 Å². The Morgan fingerprint density at radius 3 is 2.50 bits per heavy atom. The number of hydrogen-bond acceptors (Lipinski definition) is 2. The molecule has 2 aromatic rings. The fourth-order valence-electron chi connectivity index (χ4n) is 3.35. The molecular formula is C18H23NO. The summed E-state index contributed by atoms with van der Waals surface area (Å²) in [5, 5.41) is 12.6. The maximum absolute atomic E-state index is 10.1. The number of hydrogen-bond donors (Lipinski definition) is 1. The van der Waals surface area contributed by atoms with Crippen LogP contribution in [0.25, 0.3) is 10.8 Å². The summed E-state index contributed by atoms with van der Waals surface area (Å²) in [4.78, 5) is 2.25. The second-order valence-electron chi connectivity index (χ2n) is 5.92. The minimum atomic E-state index is -0.371. The summed E-state index contributed by atoms with van der Waals surface area (Å²) in [6.07, 6.45) is 4.67. The lowest BCUT2D eigenvalue weighted by molar-refractivity contribution is -0.0165. The Hall–Kier alpha value is -1.38. The summed E-state index contributed by atoms with van der Waals surface area (Å²) in [5.74, 6) is 0. The molecule has 1 saturated carbocycles. The van der Waals surface area contributed by atoms with Gasteiger partial charge in [0.1, 0.15) is 6.23 Å². The average molecular weight is 269 g/mol. The van der Waals surface area contributed by atoms with Gasteiger partial charge < -0.3 is 5.11 Å². The zero-order valence-electron chi connectivity index (χ0n) is 12.1. The zero-order chi connectivity index (χ0) is 13.9. The highest BCUT2D eigenvalue weighted by atomic mass is 16.3. The van der Waals surface area contributed by atoms with Crippen molar-refractivity contribution in [2.24, 2.45) is 0 Å². The van der Waals surface area contributed by atoms with Crippen LogP contribution in [0.2, 0.25) is 0 Å². The van der Waals surface area contributed by atoms with E-state index in [1.807, 2.05) is 6.92 Å². The predicted octanol–water partition coefficient (Wildman–Crippen LogP) is 3.92. The molecule has 0 saturated heterocycles. The van der Waals surface area contributed by atoms with E-state index < -0.39 is 0 Å². The first-order valence-electron chi connectivity index (χ1n) is 7.65. The van der Waals surface area contributed by atoms with Gasteiger partial charge in [-0.15, -0.1) is 0 Å². The highest BCUT2D eigenvalue weighted by molar-refractivity contribution is 5.82. The minimum absolute atomic E-state index is 0.371. The van der Waals surface area contributed by atoms with E-state index in [0.29, 0.717) is 6.04 Å². The van der Waals surface area contributed by atoms with Crippen LogP contribution in [0.4, 0.5) is 0 Å². The van der Waals surface area contributed by atoms with Gasteiger partial charge in [-0.3, -0.25) is 4.90 Å². The van der Waals surface area contributed by atoms with Crippen LogP contribution in [0.3, 0.4) is 0 Å². The molecule has 2 nitrogen and oxygen atoms in total. The third-order valence-corrected chi connectivity index (χ3v) is 4.45. The van der Waals surface area contributed by atoms with E-state index in [2.05, 4.69) is 47.4 Å². The molecule has 0 bridgehead atoms. The lowest BCUT2D eigenvalue weighted by atomic mass is 10.1. The van der Waals surface area contributed by atoms with Crippen molar-refractivity contribution in [2.75, 3.05) is 0 Å². The molecule has 0 amide bonds. The number of aliphatic hydroxyl groups is 1. The molecule has 2 aromatic carbocycles. The molecule has 0 aliphatic heterocycles. The number of fused-ring (bicyclic) bond motifs is 1. The lowest BCUT2D eigenvalue weighted by Crippen LogP contribution is -2.39. The Kier molecular flexibility index (Phi) is 4.04. The molecule has 1 N–H and O–H groups in total. The summed E-state index contributed by atoms with van der Waals surface area (Å²) in [7, 11) is 0. The largest absolute Gasteiger partial charge is 0.379 e. The Morgan fingerprint density at radius 1 is 1.10 bits per heavy atom. The minimum Gasteiger partial charge on any atom is -0.379 e.